The number of carbonyl (C=O) groups is 2. The van der Waals surface area contributed by atoms with Crippen molar-refractivity contribution in [3.8, 4) is 0 Å². The van der Waals surface area contributed by atoms with Gasteiger partial charge >= 0.3 is 5.97 Å². The summed E-state index contributed by atoms with van der Waals surface area (Å²) in [5.41, 5.74) is 1.22. The van der Waals surface area contributed by atoms with Gasteiger partial charge in [0, 0.05) is 24.9 Å². The van der Waals surface area contributed by atoms with Gasteiger partial charge in [-0.1, -0.05) is 30.3 Å². The Morgan fingerprint density at radius 3 is 2.75 bits per heavy atom. The quantitative estimate of drug-likeness (QED) is 0.937. The number of carboxylic acids is 1. The third-order valence-electron chi connectivity index (χ3n) is 3.96. The van der Waals surface area contributed by atoms with Gasteiger partial charge in [-0.15, -0.1) is 0 Å². The maximum Gasteiger partial charge on any atom is 0.354 e. The lowest BCUT2D eigenvalue weighted by Crippen LogP contribution is -2.34. The highest BCUT2D eigenvalue weighted by molar-refractivity contribution is 5.96. The van der Waals surface area contributed by atoms with E-state index in [9.17, 15) is 9.59 Å². The number of carbonyl (C=O) groups excluding carboxylic acids is 1. The minimum atomic E-state index is -1.15. The Morgan fingerprint density at radius 1 is 1.21 bits per heavy atom. The molecule has 1 aromatic heterocycles. The average molecular weight is 326 g/mol. The van der Waals surface area contributed by atoms with Gasteiger partial charge in [-0.2, -0.15) is 0 Å². The Balaban J connectivity index is 1.81. The summed E-state index contributed by atoms with van der Waals surface area (Å²) in [5.74, 6) is -1.35. The summed E-state index contributed by atoms with van der Waals surface area (Å²) >= 11 is 0. The molecule has 2 aromatic rings. The summed E-state index contributed by atoms with van der Waals surface area (Å²) in [4.78, 5) is 29.3. The third-order valence-corrected chi connectivity index (χ3v) is 3.96. The zero-order chi connectivity index (χ0) is 16.9. The summed E-state index contributed by atoms with van der Waals surface area (Å²) in [6.45, 7) is 1.60. The van der Waals surface area contributed by atoms with E-state index in [1.807, 2.05) is 30.3 Å². The number of aromatic carboxylic acids is 1. The van der Waals surface area contributed by atoms with Crippen LogP contribution in [-0.4, -0.2) is 46.6 Å². The lowest BCUT2D eigenvalue weighted by molar-refractivity contribution is 0.0472. The molecule has 3 rings (SSSR count). The molecule has 0 spiro atoms. The van der Waals surface area contributed by atoms with E-state index >= 15 is 0 Å². The molecule has 0 aliphatic carbocycles. The molecule has 0 saturated carbocycles. The van der Waals surface area contributed by atoms with Crippen LogP contribution in [-0.2, 0) is 4.74 Å². The molecule has 6 heteroatoms. The number of ether oxygens (including phenoxy) is 1. The zero-order valence-corrected chi connectivity index (χ0v) is 13.1. The van der Waals surface area contributed by atoms with Crippen LogP contribution in [0.25, 0.3) is 0 Å². The fraction of sp³-hybridized carbons (Fsp3) is 0.278. The highest BCUT2D eigenvalue weighted by Crippen LogP contribution is 2.22. The van der Waals surface area contributed by atoms with Gasteiger partial charge in [-0.25, -0.2) is 9.78 Å². The highest BCUT2D eigenvalue weighted by atomic mass is 16.5. The summed E-state index contributed by atoms with van der Waals surface area (Å²) in [6.07, 6.45) is 1.91. The first-order chi connectivity index (χ1) is 11.6. The van der Waals surface area contributed by atoms with Crippen LogP contribution in [0.5, 0.6) is 0 Å². The molecular formula is C18H18N2O4. The van der Waals surface area contributed by atoms with Crippen LogP contribution < -0.4 is 0 Å². The molecule has 124 valence electrons. The van der Waals surface area contributed by atoms with E-state index in [0.29, 0.717) is 25.3 Å². The third kappa shape index (κ3) is 3.60. The van der Waals surface area contributed by atoms with Crippen molar-refractivity contribution >= 4 is 11.9 Å². The Bertz CT molecular complexity index is 733. The maximum atomic E-state index is 12.8. The minimum absolute atomic E-state index is 0.133. The first kappa shape index (κ1) is 16.1. The first-order valence-electron chi connectivity index (χ1n) is 7.80. The van der Waals surface area contributed by atoms with E-state index < -0.39 is 5.97 Å². The molecule has 1 amide bonds. The number of carboxylic acid groups (broad SMARTS) is 1. The monoisotopic (exact) mass is 326 g/mol. The van der Waals surface area contributed by atoms with Gasteiger partial charge in [-0.3, -0.25) is 4.79 Å². The van der Waals surface area contributed by atoms with Gasteiger partial charge < -0.3 is 14.7 Å². The molecule has 6 nitrogen and oxygen atoms in total. The van der Waals surface area contributed by atoms with Crippen LogP contribution in [0.2, 0.25) is 0 Å². The van der Waals surface area contributed by atoms with Crippen LogP contribution in [0.1, 0.15) is 38.9 Å². The summed E-state index contributed by atoms with van der Waals surface area (Å²) < 4.78 is 5.87. The van der Waals surface area contributed by atoms with E-state index in [1.165, 1.54) is 18.3 Å². The van der Waals surface area contributed by atoms with Crippen molar-refractivity contribution in [2.45, 2.75) is 12.5 Å². The number of nitrogens with zero attached hydrogens (tertiary/aromatic N) is 2. The van der Waals surface area contributed by atoms with E-state index in [0.717, 1.165) is 12.0 Å². The van der Waals surface area contributed by atoms with Crippen molar-refractivity contribution in [2.75, 3.05) is 19.7 Å². The lowest BCUT2D eigenvalue weighted by atomic mass is 10.1. The van der Waals surface area contributed by atoms with Crippen LogP contribution >= 0.6 is 0 Å². The molecule has 1 fully saturated rings. The number of aromatic nitrogens is 1. The first-order valence-corrected chi connectivity index (χ1v) is 7.80. The smallest absolute Gasteiger partial charge is 0.354 e. The topological polar surface area (TPSA) is 79.7 Å². The second-order valence-electron chi connectivity index (χ2n) is 5.61. The summed E-state index contributed by atoms with van der Waals surface area (Å²) in [7, 11) is 0. The van der Waals surface area contributed by atoms with Crippen LogP contribution in [0.15, 0.2) is 48.7 Å². The highest BCUT2D eigenvalue weighted by Gasteiger charge is 2.25. The second-order valence-corrected chi connectivity index (χ2v) is 5.61. The molecule has 24 heavy (non-hydrogen) atoms. The average Bonchev–Trinajstić information content (AvgIpc) is 2.88. The van der Waals surface area contributed by atoms with Gasteiger partial charge in [0.05, 0.1) is 6.54 Å². The molecule has 0 bridgehead atoms. The molecule has 1 aliphatic heterocycles. The fourth-order valence-corrected chi connectivity index (χ4v) is 2.74. The molecule has 1 aromatic carbocycles. The zero-order valence-electron chi connectivity index (χ0n) is 13.1. The van der Waals surface area contributed by atoms with Crippen molar-refractivity contribution in [1.82, 2.24) is 9.88 Å². The largest absolute Gasteiger partial charge is 0.477 e. The van der Waals surface area contributed by atoms with Crippen molar-refractivity contribution in [2.24, 2.45) is 0 Å². The Morgan fingerprint density at radius 2 is 2.00 bits per heavy atom. The molecule has 1 saturated heterocycles. The van der Waals surface area contributed by atoms with E-state index in [1.54, 1.807) is 4.90 Å². The number of benzene rings is 1. The Kier molecular flexibility index (Phi) is 4.86. The van der Waals surface area contributed by atoms with Gasteiger partial charge in [0.25, 0.3) is 5.91 Å². The molecule has 1 aliphatic rings. The van der Waals surface area contributed by atoms with Gasteiger partial charge in [0.2, 0.25) is 0 Å². The molecular weight excluding hydrogens is 308 g/mol. The standard InChI is InChI=1S/C18H18N2O4/c21-17(14-7-8-19-15(11-14)18(22)23)20-9-4-10-24-16(12-20)13-5-2-1-3-6-13/h1-3,5-8,11,16H,4,9-10,12H2,(H,22,23). The fourth-order valence-electron chi connectivity index (χ4n) is 2.74. The molecule has 1 unspecified atom stereocenters. The predicted octanol–water partition coefficient (Wildman–Crippen LogP) is 2.38. The number of hydrogen-bond acceptors (Lipinski definition) is 4. The van der Waals surface area contributed by atoms with Gasteiger partial charge in [-0.05, 0) is 24.1 Å². The lowest BCUT2D eigenvalue weighted by Gasteiger charge is -2.24. The van der Waals surface area contributed by atoms with Crippen molar-refractivity contribution in [3.63, 3.8) is 0 Å². The van der Waals surface area contributed by atoms with E-state index in [-0.39, 0.29) is 17.7 Å². The van der Waals surface area contributed by atoms with Gasteiger partial charge in [0.1, 0.15) is 11.8 Å². The van der Waals surface area contributed by atoms with Crippen molar-refractivity contribution in [3.05, 3.63) is 65.5 Å². The number of amides is 1. The van der Waals surface area contributed by atoms with Crippen LogP contribution in [0, 0.1) is 0 Å². The number of pyridine rings is 1. The van der Waals surface area contributed by atoms with Crippen molar-refractivity contribution < 1.29 is 19.4 Å². The van der Waals surface area contributed by atoms with Crippen LogP contribution in [0.3, 0.4) is 0 Å². The Labute approximate surface area is 139 Å². The second kappa shape index (κ2) is 7.23. The maximum absolute atomic E-state index is 12.8. The van der Waals surface area contributed by atoms with E-state index in [2.05, 4.69) is 4.98 Å². The normalized spacial score (nSPS) is 18.0. The summed E-state index contributed by atoms with van der Waals surface area (Å²) in [6, 6.07) is 12.6. The molecule has 1 atom stereocenters. The minimum Gasteiger partial charge on any atom is -0.477 e. The van der Waals surface area contributed by atoms with Crippen LogP contribution in [0.4, 0.5) is 0 Å². The molecule has 0 radical (unpaired) electrons. The number of hydrogen-bond donors (Lipinski definition) is 1. The Hall–Kier alpha value is -2.73. The van der Waals surface area contributed by atoms with Gasteiger partial charge in [0.15, 0.2) is 0 Å². The molecule has 2 heterocycles. The predicted molar refractivity (Wildman–Crippen MR) is 86.9 cm³/mol. The van der Waals surface area contributed by atoms with E-state index in [4.69, 9.17) is 9.84 Å². The summed E-state index contributed by atoms with van der Waals surface area (Å²) in [5, 5.41) is 9.03. The SMILES string of the molecule is O=C(O)c1cc(C(=O)N2CCCOC(c3ccccc3)C2)ccn1. The number of rotatable bonds is 3. The molecule has 1 N–H and O–H groups in total. The van der Waals surface area contributed by atoms with Crippen molar-refractivity contribution in [1.29, 1.82) is 0 Å².